The lowest BCUT2D eigenvalue weighted by Crippen LogP contribution is -2.52. The molecule has 5 nitrogen and oxygen atoms in total. The molecule has 3 N–H and O–H groups in total. The lowest BCUT2D eigenvalue weighted by molar-refractivity contribution is 0.0647. The van der Waals surface area contributed by atoms with E-state index in [-0.39, 0.29) is 6.61 Å². The molecule has 18 heavy (non-hydrogen) atoms. The summed E-state index contributed by atoms with van der Waals surface area (Å²) in [5.74, 6) is 0.569. The van der Waals surface area contributed by atoms with Crippen LogP contribution in [0.5, 0.6) is 0 Å². The quantitative estimate of drug-likeness (QED) is 0.797. The minimum absolute atomic E-state index is 0.242. The summed E-state index contributed by atoms with van der Waals surface area (Å²) >= 11 is 0. The summed E-state index contributed by atoms with van der Waals surface area (Å²) in [7, 11) is 0. The first-order valence-corrected chi connectivity index (χ1v) is 6.46. The smallest absolute Gasteiger partial charge is 0.123 e. The molecule has 1 aliphatic rings. The van der Waals surface area contributed by atoms with E-state index in [9.17, 15) is 0 Å². The third-order valence-electron chi connectivity index (χ3n) is 3.49. The Kier molecular flexibility index (Phi) is 4.52. The van der Waals surface area contributed by atoms with Crippen LogP contribution >= 0.6 is 0 Å². The molecule has 0 spiro atoms. The molecule has 1 atom stereocenters. The Morgan fingerprint density at radius 1 is 1.44 bits per heavy atom. The number of aromatic nitrogens is 1. The van der Waals surface area contributed by atoms with Gasteiger partial charge in [-0.3, -0.25) is 9.80 Å². The third-order valence-corrected chi connectivity index (χ3v) is 3.49. The molecule has 0 aliphatic carbocycles. The van der Waals surface area contributed by atoms with Crippen LogP contribution in [0.3, 0.4) is 0 Å². The average Bonchev–Trinajstić information content (AvgIpc) is 2.36. The van der Waals surface area contributed by atoms with Crippen LogP contribution in [-0.2, 0) is 6.54 Å². The van der Waals surface area contributed by atoms with Crippen molar-refractivity contribution in [2.24, 2.45) is 0 Å². The number of β-amino-alcohol motifs (C(OH)–C–C–N with tert-alkyl or cyclic N) is 1. The normalized spacial score (nSPS) is 22.2. The van der Waals surface area contributed by atoms with Crippen LogP contribution in [0, 0.1) is 0 Å². The van der Waals surface area contributed by atoms with Gasteiger partial charge >= 0.3 is 0 Å². The molecule has 100 valence electrons. The van der Waals surface area contributed by atoms with E-state index in [1.807, 2.05) is 18.3 Å². The molecule has 0 radical (unpaired) electrons. The maximum Gasteiger partial charge on any atom is 0.123 e. The fraction of sp³-hybridized carbons (Fsp3) is 0.615. The number of hydrogen-bond acceptors (Lipinski definition) is 5. The summed E-state index contributed by atoms with van der Waals surface area (Å²) in [6.45, 7) is 7.24. The number of nitrogen functional groups attached to an aromatic ring is 1. The van der Waals surface area contributed by atoms with Crippen molar-refractivity contribution < 1.29 is 5.11 Å². The molecule has 0 aromatic carbocycles. The van der Waals surface area contributed by atoms with Crippen molar-refractivity contribution >= 4 is 5.82 Å². The van der Waals surface area contributed by atoms with Crippen LogP contribution in [0.2, 0.25) is 0 Å². The van der Waals surface area contributed by atoms with Crippen molar-refractivity contribution in [1.29, 1.82) is 0 Å². The molecule has 1 fully saturated rings. The molecule has 1 aromatic rings. The molecule has 0 unspecified atom stereocenters. The number of anilines is 1. The summed E-state index contributed by atoms with van der Waals surface area (Å²) in [5, 5.41) is 8.99. The molecule has 0 bridgehead atoms. The second-order valence-corrected chi connectivity index (χ2v) is 4.94. The predicted molar refractivity (Wildman–Crippen MR) is 72.0 cm³/mol. The van der Waals surface area contributed by atoms with Crippen LogP contribution in [-0.4, -0.2) is 58.7 Å². The first kappa shape index (κ1) is 13.3. The maximum atomic E-state index is 8.99. The van der Waals surface area contributed by atoms with Gasteiger partial charge in [0.2, 0.25) is 0 Å². The minimum Gasteiger partial charge on any atom is -0.395 e. The Balaban J connectivity index is 1.87. The highest BCUT2D eigenvalue weighted by Crippen LogP contribution is 2.12. The van der Waals surface area contributed by atoms with Crippen molar-refractivity contribution in [3.05, 3.63) is 23.9 Å². The van der Waals surface area contributed by atoms with E-state index in [4.69, 9.17) is 10.8 Å². The van der Waals surface area contributed by atoms with E-state index < -0.39 is 0 Å². The molecule has 0 amide bonds. The zero-order chi connectivity index (χ0) is 13.0. The summed E-state index contributed by atoms with van der Waals surface area (Å²) in [6, 6.07) is 4.38. The number of pyridine rings is 1. The van der Waals surface area contributed by atoms with Gasteiger partial charge in [0.05, 0.1) is 6.61 Å². The standard InChI is InChI=1S/C13H22N4O/c1-11-9-16(4-5-17(11)6-7-18)10-12-2-3-13(14)15-8-12/h2-3,8,11,18H,4-7,9-10H2,1H3,(H2,14,15)/t11-/m0/s1. The number of nitrogens with zero attached hydrogens (tertiary/aromatic N) is 3. The van der Waals surface area contributed by atoms with Crippen LogP contribution < -0.4 is 5.73 Å². The van der Waals surface area contributed by atoms with Gasteiger partial charge in [-0.25, -0.2) is 4.98 Å². The average molecular weight is 250 g/mol. The van der Waals surface area contributed by atoms with Gasteiger partial charge in [-0.2, -0.15) is 0 Å². The topological polar surface area (TPSA) is 65.6 Å². The van der Waals surface area contributed by atoms with Gasteiger partial charge in [-0.15, -0.1) is 0 Å². The second kappa shape index (κ2) is 6.13. The Labute approximate surface area is 108 Å². The van der Waals surface area contributed by atoms with E-state index in [1.165, 1.54) is 5.56 Å². The van der Waals surface area contributed by atoms with Gasteiger partial charge in [0.15, 0.2) is 0 Å². The van der Waals surface area contributed by atoms with Crippen molar-refractivity contribution in [1.82, 2.24) is 14.8 Å². The summed E-state index contributed by atoms with van der Waals surface area (Å²) < 4.78 is 0. The molecule has 1 aromatic heterocycles. The number of aliphatic hydroxyl groups excluding tert-OH is 1. The molecule has 0 saturated carbocycles. The number of rotatable bonds is 4. The fourth-order valence-electron chi connectivity index (χ4n) is 2.46. The first-order chi connectivity index (χ1) is 8.69. The molecule has 2 rings (SSSR count). The largest absolute Gasteiger partial charge is 0.395 e. The van der Waals surface area contributed by atoms with E-state index >= 15 is 0 Å². The number of aliphatic hydroxyl groups is 1. The first-order valence-electron chi connectivity index (χ1n) is 6.46. The molecule has 1 aliphatic heterocycles. The molecule has 1 saturated heterocycles. The molecular weight excluding hydrogens is 228 g/mol. The zero-order valence-electron chi connectivity index (χ0n) is 10.9. The van der Waals surface area contributed by atoms with Gasteiger partial charge in [0.25, 0.3) is 0 Å². The van der Waals surface area contributed by atoms with Crippen LogP contribution in [0.1, 0.15) is 12.5 Å². The Morgan fingerprint density at radius 2 is 2.28 bits per heavy atom. The van der Waals surface area contributed by atoms with Gasteiger partial charge in [0, 0.05) is 45.0 Å². The predicted octanol–water partition coefficient (Wildman–Crippen LogP) is 0.162. The highest BCUT2D eigenvalue weighted by atomic mass is 16.3. The van der Waals surface area contributed by atoms with E-state index in [0.29, 0.717) is 11.9 Å². The zero-order valence-corrected chi connectivity index (χ0v) is 10.9. The van der Waals surface area contributed by atoms with Gasteiger partial charge < -0.3 is 10.8 Å². The van der Waals surface area contributed by atoms with E-state index in [0.717, 1.165) is 32.7 Å². The van der Waals surface area contributed by atoms with E-state index in [1.54, 1.807) is 0 Å². The SMILES string of the molecule is C[C@H]1CN(Cc2ccc(N)nc2)CCN1CCO. The lowest BCUT2D eigenvalue weighted by atomic mass is 10.1. The van der Waals surface area contributed by atoms with Gasteiger partial charge in [0.1, 0.15) is 5.82 Å². The van der Waals surface area contributed by atoms with Crippen molar-refractivity contribution in [3.63, 3.8) is 0 Å². The Bertz CT molecular complexity index is 368. The monoisotopic (exact) mass is 250 g/mol. The minimum atomic E-state index is 0.242. The third kappa shape index (κ3) is 3.41. The summed E-state index contributed by atoms with van der Waals surface area (Å²) in [4.78, 5) is 8.87. The number of piperazine rings is 1. The van der Waals surface area contributed by atoms with Crippen molar-refractivity contribution in [3.8, 4) is 0 Å². The Hall–Kier alpha value is -1.17. The van der Waals surface area contributed by atoms with Gasteiger partial charge in [-0.1, -0.05) is 6.07 Å². The Morgan fingerprint density at radius 3 is 2.89 bits per heavy atom. The van der Waals surface area contributed by atoms with Gasteiger partial charge in [-0.05, 0) is 18.6 Å². The molecule has 2 heterocycles. The summed E-state index contributed by atoms with van der Waals surface area (Å²) in [6.07, 6.45) is 1.85. The maximum absolute atomic E-state index is 8.99. The summed E-state index contributed by atoms with van der Waals surface area (Å²) in [5.41, 5.74) is 6.78. The fourth-order valence-corrected chi connectivity index (χ4v) is 2.46. The second-order valence-electron chi connectivity index (χ2n) is 4.94. The van der Waals surface area contributed by atoms with E-state index in [2.05, 4.69) is 21.7 Å². The molecule has 5 heteroatoms. The molecular formula is C13H22N4O. The van der Waals surface area contributed by atoms with Crippen LogP contribution in [0.25, 0.3) is 0 Å². The van der Waals surface area contributed by atoms with Crippen LogP contribution in [0.15, 0.2) is 18.3 Å². The lowest BCUT2D eigenvalue weighted by Gasteiger charge is -2.39. The highest BCUT2D eigenvalue weighted by Gasteiger charge is 2.22. The van der Waals surface area contributed by atoms with Crippen molar-refractivity contribution in [2.75, 3.05) is 38.5 Å². The highest BCUT2D eigenvalue weighted by molar-refractivity contribution is 5.29. The van der Waals surface area contributed by atoms with Crippen molar-refractivity contribution in [2.45, 2.75) is 19.5 Å². The number of hydrogen-bond donors (Lipinski definition) is 2. The van der Waals surface area contributed by atoms with Crippen LogP contribution in [0.4, 0.5) is 5.82 Å². The number of nitrogens with two attached hydrogens (primary N) is 1.